The van der Waals surface area contributed by atoms with Crippen LogP contribution >= 0.6 is 0 Å². The largest absolute Gasteiger partial charge is 0.435 e. The van der Waals surface area contributed by atoms with Gasteiger partial charge in [0.05, 0.1) is 6.04 Å². The fourth-order valence-corrected chi connectivity index (χ4v) is 2.18. The van der Waals surface area contributed by atoms with E-state index in [1.165, 1.54) is 13.2 Å². The van der Waals surface area contributed by atoms with E-state index in [0.717, 1.165) is 10.2 Å². The van der Waals surface area contributed by atoms with Crippen molar-refractivity contribution in [2.45, 2.75) is 25.2 Å². The van der Waals surface area contributed by atoms with Gasteiger partial charge in [-0.1, -0.05) is 30.3 Å². The molecule has 0 aliphatic rings. The molecule has 3 N–H and O–H groups in total. The molecule has 1 heterocycles. The Morgan fingerprint density at radius 3 is 2.61 bits per heavy atom. The third-order valence-corrected chi connectivity index (χ3v) is 3.26. The summed E-state index contributed by atoms with van der Waals surface area (Å²) in [5.41, 5.74) is 5.57. The highest BCUT2D eigenvalue weighted by Gasteiger charge is 2.36. The lowest BCUT2D eigenvalue weighted by Gasteiger charge is -2.12. The van der Waals surface area contributed by atoms with Crippen LogP contribution in [0.1, 0.15) is 16.8 Å². The molecule has 0 radical (unpaired) electrons. The van der Waals surface area contributed by atoms with Crippen molar-refractivity contribution in [1.29, 1.82) is 0 Å². The molecule has 0 aliphatic carbocycles. The van der Waals surface area contributed by atoms with Crippen LogP contribution in [-0.4, -0.2) is 21.7 Å². The number of carbonyl (C=O) groups excluding carboxylic acids is 1. The smallest absolute Gasteiger partial charge is 0.351 e. The molecule has 0 unspecified atom stereocenters. The Bertz CT molecular complexity index is 667. The Hall–Kier alpha value is -2.35. The van der Waals surface area contributed by atoms with Gasteiger partial charge in [0.1, 0.15) is 0 Å². The van der Waals surface area contributed by atoms with Crippen molar-refractivity contribution >= 4 is 5.91 Å². The maximum absolute atomic E-state index is 12.8. The fraction of sp³-hybridized carbons (Fsp3) is 0.333. The van der Waals surface area contributed by atoms with Crippen molar-refractivity contribution < 1.29 is 18.0 Å². The van der Waals surface area contributed by atoms with Crippen molar-refractivity contribution in [2.24, 2.45) is 12.8 Å². The molecular weight excluding hydrogens is 309 g/mol. The van der Waals surface area contributed by atoms with Crippen LogP contribution in [0, 0.1) is 0 Å². The van der Waals surface area contributed by atoms with Gasteiger partial charge in [0.15, 0.2) is 5.69 Å². The molecule has 124 valence electrons. The van der Waals surface area contributed by atoms with Crippen LogP contribution in [0.25, 0.3) is 0 Å². The van der Waals surface area contributed by atoms with Gasteiger partial charge in [-0.05, 0) is 12.0 Å². The van der Waals surface area contributed by atoms with E-state index in [4.69, 9.17) is 5.73 Å². The third kappa shape index (κ3) is 4.56. The molecule has 0 spiro atoms. The molecule has 5 nitrogen and oxygen atoms in total. The molecule has 1 aromatic carbocycles. The van der Waals surface area contributed by atoms with Gasteiger partial charge in [0.2, 0.25) is 5.91 Å². The Morgan fingerprint density at radius 1 is 1.35 bits per heavy atom. The number of rotatable bonds is 5. The summed E-state index contributed by atoms with van der Waals surface area (Å²) in [5.74, 6) is -0.508. The molecule has 8 heteroatoms. The first-order valence-electron chi connectivity index (χ1n) is 6.94. The van der Waals surface area contributed by atoms with Crippen LogP contribution in [0.2, 0.25) is 0 Å². The van der Waals surface area contributed by atoms with E-state index in [-0.39, 0.29) is 12.1 Å². The number of hydrogen-bond acceptors (Lipinski definition) is 3. The minimum Gasteiger partial charge on any atom is -0.351 e. The van der Waals surface area contributed by atoms with Crippen LogP contribution in [0.3, 0.4) is 0 Å². The summed E-state index contributed by atoms with van der Waals surface area (Å²) < 4.78 is 39.5. The number of nitrogens with zero attached hydrogens (tertiary/aromatic N) is 2. The molecule has 2 rings (SSSR count). The molecule has 2 aromatic rings. The molecule has 0 fully saturated rings. The zero-order chi connectivity index (χ0) is 17.0. The van der Waals surface area contributed by atoms with E-state index in [1.54, 1.807) is 0 Å². The van der Waals surface area contributed by atoms with E-state index in [0.29, 0.717) is 6.42 Å². The van der Waals surface area contributed by atoms with Crippen molar-refractivity contribution in [3.63, 3.8) is 0 Å². The van der Waals surface area contributed by atoms with E-state index in [1.807, 2.05) is 30.3 Å². The summed E-state index contributed by atoms with van der Waals surface area (Å²) in [6.07, 6.45) is -3.02. The zero-order valence-corrected chi connectivity index (χ0v) is 12.5. The molecule has 1 aromatic heterocycles. The van der Waals surface area contributed by atoms with E-state index >= 15 is 0 Å². The molecule has 0 saturated heterocycles. The number of nitrogens with one attached hydrogen (secondary N) is 1. The van der Waals surface area contributed by atoms with Crippen molar-refractivity contribution in [1.82, 2.24) is 15.1 Å². The highest BCUT2D eigenvalue weighted by Crippen LogP contribution is 2.30. The summed E-state index contributed by atoms with van der Waals surface area (Å²) in [4.78, 5) is 11.9. The molecule has 0 saturated carbocycles. The van der Waals surface area contributed by atoms with Crippen molar-refractivity contribution in [3.05, 3.63) is 53.3 Å². The van der Waals surface area contributed by atoms with Gasteiger partial charge in [-0.3, -0.25) is 9.48 Å². The van der Waals surface area contributed by atoms with Crippen LogP contribution in [0.15, 0.2) is 36.5 Å². The maximum Gasteiger partial charge on any atom is 0.435 e. The number of amides is 1. The van der Waals surface area contributed by atoms with E-state index < -0.39 is 23.8 Å². The Morgan fingerprint density at radius 2 is 2.00 bits per heavy atom. The minimum atomic E-state index is -4.56. The molecule has 1 amide bonds. The van der Waals surface area contributed by atoms with Crippen molar-refractivity contribution in [2.75, 3.05) is 0 Å². The molecule has 0 aliphatic heterocycles. The number of halogens is 3. The topological polar surface area (TPSA) is 72.9 Å². The molecule has 23 heavy (non-hydrogen) atoms. The van der Waals surface area contributed by atoms with Gasteiger partial charge in [0.25, 0.3) is 0 Å². The average molecular weight is 326 g/mol. The van der Waals surface area contributed by atoms with Crippen molar-refractivity contribution in [3.8, 4) is 0 Å². The lowest BCUT2D eigenvalue weighted by atomic mass is 10.1. The average Bonchev–Trinajstić information content (AvgIpc) is 2.87. The highest BCUT2D eigenvalue weighted by molar-refractivity contribution is 5.81. The van der Waals surface area contributed by atoms with Gasteiger partial charge >= 0.3 is 6.18 Å². The highest BCUT2D eigenvalue weighted by atomic mass is 19.4. The van der Waals surface area contributed by atoms with Gasteiger partial charge in [-0.2, -0.15) is 18.3 Å². The van der Waals surface area contributed by atoms with Gasteiger partial charge in [0, 0.05) is 25.4 Å². The summed E-state index contributed by atoms with van der Waals surface area (Å²) in [6.45, 7) is -0.274. The Balaban J connectivity index is 1.97. The number of nitrogens with two attached hydrogens (primary N) is 1. The molecule has 0 bridgehead atoms. The van der Waals surface area contributed by atoms with Crippen LogP contribution in [0.5, 0.6) is 0 Å². The lowest BCUT2D eigenvalue weighted by Crippen LogP contribution is -2.41. The predicted molar refractivity (Wildman–Crippen MR) is 78.2 cm³/mol. The van der Waals surface area contributed by atoms with Gasteiger partial charge < -0.3 is 11.1 Å². The normalized spacial score (nSPS) is 12.9. The maximum atomic E-state index is 12.8. The second kappa shape index (κ2) is 6.82. The summed E-state index contributed by atoms with van der Waals surface area (Å²) >= 11 is 0. The lowest BCUT2D eigenvalue weighted by molar-refractivity contribution is -0.142. The van der Waals surface area contributed by atoms with Crippen LogP contribution in [-0.2, 0) is 31.0 Å². The Kier molecular flexibility index (Phi) is 5.05. The molecule has 1 atom stereocenters. The fourth-order valence-electron chi connectivity index (χ4n) is 2.18. The number of alkyl halides is 3. The quantitative estimate of drug-likeness (QED) is 0.877. The van der Waals surface area contributed by atoms with E-state index in [9.17, 15) is 18.0 Å². The Labute approximate surface area is 131 Å². The number of benzene rings is 1. The monoisotopic (exact) mass is 326 g/mol. The van der Waals surface area contributed by atoms with Crippen LogP contribution < -0.4 is 11.1 Å². The predicted octanol–water partition coefficient (Wildman–Crippen LogP) is 1.63. The summed E-state index contributed by atoms with van der Waals surface area (Å²) in [6, 6.07) is 8.32. The van der Waals surface area contributed by atoms with Gasteiger partial charge in [-0.15, -0.1) is 0 Å². The first-order chi connectivity index (χ1) is 10.8. The van der Waals surface area contributed by atoms with E-state index in [2.05, 4.69) is 10.4 Å². The number of aromatic nitrogens is 2. The SMILES string of the molecule is Cn1cc(CNC(=O)[C@@H](N)Cc2ccccc2)c(C(F)(F)F)n1. The first kappa shape index (κ1) is 17.0. The number of aryl methyl sites for hydroxylation is 1. The van der Waals surface area contributed by atoms with Crippen LogP contribution in [0.4, 0.5) is 13.2 Å². The minimum absolute atomic E-state index is 0.0970. The standard InChI is InChI=1S/C15H17F3N4O/c1-22-9-11(13(21-22)15(16,17)18)8-20-14(23)12(19)7-10-5-3-2-4-6-10/h2-6,9,12H,7-8,19H2,1H3,(H,20,23)/t12-/m0/s1. The second-order valence-corrected chi connectivity index (χ2v) is 5.19. The second-order valence-electron chi connectivity index (χ2n) is 5.19. The zero-order valence-electron chi connectivity index (χ0n) is 12.5. The number of hydrogen-bond donors (Lipinski definition) is 2. The summed E-state index contributed by atoms with van der Waals surface area (Å²) in [7, 11) is 1.39. The molecular formula is C15H17F3N4O. The van der Waals surface area contributed by atoms with Gasteiger partial charge in [-0.25, -0.2) is 0 Å². The number of carbonyl (C=O) groups is 1. The summed E-state index contributed by atoms with van der Waals surface area (Å²) in [5, 5.41) is 5.81. The third-order valence-electron chi connectivity index (χ3n) is 3.26. The first-order valence-corrected chi connectivity index (χ1v) is 6.94.